The summed E-state index contributed by atoms with van der Waals surface area (Å²) < 4.78 is 27.0. The van der Waals surface area contributed by atoms with Crippen molar-refractivity contribution in [3.8, 4) is 0 Å². The summed E-state index contributed by atoms with van der Waals surface area (Å²) in [6.07, 6.45) is 0.794. The normalized spacial score (nSPS) is 18.9. The Kier molecular flexibility index (Phi) is 6.48. The molecule has 174 valence electrons. The van der Waals surface area contributed by atoms with Crippen LogP contribution in [0.15, 0.2) is 53.4 Å². The number of amides is 3. The molecular weight excluding hydrogens is 444 g/mol. The third-order valence-electron chi connectivity index (χ3n) is 5.95. The van der Waals surface area contributed by atoms with E-state index in [1.165, 1.54) is 19.1 Å². The van der Waals surface area contributed by atoms with Crippen molar-refractivity contribution in [3.05, 3.63) is 59.7 Å². The monoisotopic (exact) mass is 470 g/mol. The van der Waals surface area contributed by atoms with E-state index < -0.39 is 10.0 Å². The minimum absolute atomic E-state index is 0.00312. The average molecular weight is 471 g/mol. The highest BCUT2D eigenvalue weighted by molar-refractivity contribution is 7.89. The van der Waals surface area contributed by atoms with E-state index in [4.69, 9.17) is 0 Å². The van der Waals surface area contributed by atoms with Crippen molar-refractivity contribution in [3.63, 3.8) is 0 Å². The van der Waals surface area contributed by atoms with Gasteiger partial charge in [-0.05, 0) is 35.7 Å². The Morgan fingerprint density at radius 1 is 1.12 bits per heavy atom. The van der Waals surface area contributed by atoms with Crippen LogP contribution in [0, 0.1) is 0 Å². The molecule has 1 atom stereocenters. The summed E-state index contributed by atoms with van der Waals surface area (Å²) in [4.78, 5) is 38.4. The minimum Gasteiger partial charge on any atom is -0.354 e. The molecule has 0 bridgehead atoms. The Morgan fingerprint density at radius 3 is 2.67 bits per heavy atom. The molecule has 2 aromatic carbocycles. The summed E-state index contributed by atoms with van der Waals surface area (Å²) in [6, 6.07) is 13.4. The summed E-state index contributed by atoms with van der Waals surface area (Å²) in [5.41, 5.74) is 2.40. The van der Waals surface area contributed by atoms with Crippen LogP contribution in [0.2, 0.25) is 0 Å². The summed E-state index contributed by atoms with van der Waals surface area (Å²) in [5, 5.41) is 5.36. The van der Waals surface area contributed by atoms with Crippen LogP contribution in [0.3, 0.4) is 0 Å². The molecule has 33 heavy (non-hydrogen) atoms. The zero-order chi connectivity index (χ0) is 23.6. The van der Waals surface area contributed by atoms with Gasteiger partial charge in [0, 0.05) is 32.2 Å². The van der Waals surface area contributed by atoms with Crippen LogP contribution in [0.25, 0.3) is 0 Å². The number of benzene rings is 2. The lowest BCUT2D eigenvalue weighted by Crippen LogP contribution is -2.49. The number of sulfonamides is 1. The van der Waals surface area contributed by atoms with E-state index in [1.807, 2.05) is 24.3 Å². The second-order valence-electron chi connectivity index (χ2n) is 8.15. The molecule has 1 saturated heterocycles. The first kappa shape index (κ1) is 22.9. The summed E-state index contributed by atoms with van der Waals surface area (Å²) in [7, 11) is -3.87. The standard InChI is InChI=1S/C23H26N4O5S/c1-16(28)27-11-9-17-5-2-3-8-20(17)21(27)14-22(29)25-18-6-4-7-19(13-18)33(31,32)26-12-10-24-23(30)15-26/h2-8,13,21H,9-12,14-15H2,1H3,(H,24,30)(H,25,29). The molecule has 2 aromatic rings. The molecule has 0 aliphatic carbocycles. The SMILES string of the molecule is CC(=O)N1CCc2ccccc2C1CC(=O)Nc1cccc(S(=O)(=O)N2CCNC(=O)C2)c1. The smallest absolute Gasteiger partial charge is 0.243 e. The summed E-state index contributed by atoms with van der Waals surface area (Å²) >= 11 is 0. The third-order valence-corrected chi connectivity index (χ3v) is 7.80. The van der Waals surface area contributed by atoms with Crippen LogP contribution in [0.1, 0.15) is 30.5 Å². The van der Waals surface area contributed by atoms with Gasteiger partial charge in [0.1, 0.15) is 0 Å². The van der Waals surface area contributed by atoms with Crippen molar-refractivity contribution in [1.82, 2.24) is 14.5 Å². The predicted octanol–water partition coefficient (Wildman–Crippen LogP) is 1.28. The first-order valence-corrected chi connectivity index (χ1v) is 12.2. The van der Waals surface area contributed by atoms with Gasteiger partial charge in [0.05, 0.1) is 23.9 Å². The zero-order valence-electron chi connectivity index (χ0n) is 18.3. The first-order chi connectivity index (χ1) is 15.8. The van der Waals surface area contributed by atoms with Gasteiger partial charge >= 0.3 is 0 Å². The molecule has 2 aliphatic rings. The second kappa shape index (κ2) is 9.32. The van der Waals surface area contributed by atoms with E-state index in [-0.39, 0.29) is 54.7 Å². The molecule has 0 radical (unpaired) electrons. The quantitative estimate of drug-likeness (QED) is 0.683. The van der Waals surface area contributed by atoms with E-state index in [1.54, 1.807) is 17.0 Å². The zero-order valence-corrected chi connectivity index (χ0v) is 19.1. The van der Waals surface area contributed by atoms with E-state index >= 15 is 0 Å². The number of nitrogens with zero attached hydrogens (tertiary/aromatic N) is 2. The van der Waals surface area contributed by atoms with Gasteiger partial charge in [0.25, 0.3) is 0 Å². The number of carbonyl (C=O) groups is 3. The second-order valence-corrected chi connectivity index (χ2v) is 10.1. The van der Waals surface area contributed by atoms with Crippen LogP contribution >= 0.6 is 0 Å². The topological polar surface area (TPSA) is 116 Å². The van der Waals surface area contributed by atoms with Gasteiger partial charge in [-0.3, -0.25) is 14.4 Å². The van der Waals surface area contributed by atoms with Crippen molar-refractivity contribution < 1.29 is 22.8 Å². The molecule has 0 spiro atoms. The maximum atomic E-state index is 12.9. The van der Waals surface area contributed by atoms with Crippen molar-refractivity contribution in [2.24, 2.45) is 0 Å². The molecule has 2 aliphatic heterocycles. The molecule has 0 saturated carbocycles. The predicted molar refractivity (Wildman–Crippen MR) is 122 cm³/mol. The van der Waals surface area contributed by atoms with Gasteiger partial charge in [-0.2, -0.15) is 4.31 Å². The van der Waals surface area contributed by atoms with E-state index in [2.05, 4.69) is 10.6 Å². The van der Waals surface area contributed by atoms with Gasteiger partial charge in [0.2, 0.25) is 27.7 Å². The van der Waals surface area contributed by atoms with Crippen molar-refractivity contribution in [2.45, 2.75) is 30.7 Å². The highest BCUT2D eigenvalue weighted by Crippen LogP contribution is 2.32. The minimum atomic E-state index is -3.87. The van der Waals surface area contributed by atoms with Gasteiger partial charge < -0.3 is 15.5 Å². The van der Waals surface area contributed by atoms with Crippen LogP contribution in [-0.4, -0.2) is 61.5 Å². The number of anilines is 1. The Balaban J connectivity index is 1.51. The Hall–Kier alpha value is -3.24. The fourth-order valence-corrected chi connectivity index (χ4v) is 5.78. The number of carbonyl (C=O) groups excluding carboxylic acids is 3. The van der Waals surface area contributed by atoms with Crippen LogP contribution in [-0.2, 0) is 30.8 Å². The molecule has 1 unspecified atom stereocenters. The van der Waals surface area contributed by atoms with E-state index in [9.17, 15) is 22.8 Å². The molecule has 3 amide bonds. The fraction of sp³-hybridized carbons (Fsp3) is 0.348. The molecular formula is C23H26N4O5S. The van der Waals surface area contributed by atoms with E-state index in [0.29, 0.717) is 12.2 Å². The molecule has 2 heterocycles. The molecule has 2 N–H and O–H groups in total. The van der Waals surface area contributed by atoms with Crippen LogP contribution in [0.4, 0.5) is 5.69 Å². The molecule has 1 fully saturated rings. The number of rotatable bonds is 5. The Morgan fingerprint density at radius 2 is 1.91 bits per heavy atom. The summed E-state index contributed by atoms with van der Waals surface area (Å²) in [6.45, 7) is 2.24. The Bertz CT molecular complexity index is 1200. The van der Waals surface area contributed by atoms with Gasteiger partial charge in [-0.25, -0.2) is 8.42 Å². The first-order valence-electron chi connectivity index (χ1n) is 10.8. The van der Waals surface area contributed by atoms with Crippen molar-refractivity contribution in [2.75, 3.05) is 31.5 Å². The number of nitrogens with one attached hydrogen (secondary N) is 2. The molecule has 9 nitrogen and oxygen atoms in total. The Labute approximate surface area is 192 Å². The van der Waals surface area contributed by atoms with Gasteiger partial charge in [0.15, 0.2) is 0 Å². The highest BCUT2D eigenvalue weighted by atomic mass is 32.2. The molecule has 4 rings (SSSR count). The van der Waals surface area contributed by atoms with Crippen LogP contribution in [0.5, 0.6) is 0 Å². The highest BCUT2D eigenvalue weighted by Gasteiger charge is 2.31. The number of hydrogen-bond acceptors (Lipinski definition) is 5. The van der Waals surface area contributed by atoms with Crippen molar-refractivity contribution in [1.29, 1.82) is 0 Å². The third kappa shape index (κ3) is 4.91. The van der Waals surface area contributed by atoms with Gasteiger partial charge in [-0.1, -0.05) is 30.3 Å². The van der Waals surface area contributed by atoms with Gasteiger partial charge in [-0.15, -0.1) is 0 Å². The number of piperazine rings is 1. The lowest BCUT2D eigenvalue weighted by Gasteiger charge is -2.36. The maximum Gasteiger partial charge on any atom is 0.243 e. The molecule has 0 aromatic heterocycles. The number of hydrogen-bond donors (Lipinski definition) is 2. The van der Waals surface area contributed by atoms with Crippen molar-refractivity contribution >= 4 is 33.4 Å². The van der Waals surface area contributed by atoms with E-state index in [0.717, 1.165) is 21.9 Å². The fourth-order valence-electron chi connectivity index (χ4n) is 4.34. The number of fused-ring (bicyclic) bond motifs is 1. The lowest BCUT2D eigenvalue weighted by atomic mass is 9.90. The lowest BCUT2D eigenvalue weighted by molar-refractivity contribution is -0.132. The molecule has 10 heteroatoms. The maximum absolute atomic E-state index is 12.9. The average Bonchev–Trinajstić information content (AvgIpc) is 2.79. The van der Waals surface area contributed by atoms with Crippen LogP contribution < -0.4 is 10.6 Å². The largest absolute Gasteiger partial charge is 0.354 e. The summed E-state index contributed by atoms with van der Waals surface area (Å²) in [5.74, 6) is -0.770.